The van der Waals surface area contributed by atoms with Crippen molar-refractivity contribution in [2.45, 2.75) is 109 Å². The second kappa shape index (κ2) is 41.3. The van der Waals surface area contributed by atoms with E-state index < -0.39 is 11.1 Å². The molecule has 12 amide bonds. The molecule has 3 atom stereocenters. The summed E-state index contributed by atoms with van der Waals surface area (Å²) in [6.45, 7) is 31.1. The minimum atomic E-state index is -0.577. The molecule has 0 saturated carbocycles. The van der Waals surface area contributed by atoms with Crippen LogP contribution in [-0.4, -0.2) is 255 Å². The van der Waals surface area contributed by atoms with E-state index in [1.54, 1.807) is 53.4 Å². The second-order valence-electron chi connectivity index (χ2n) is 36.3. The zero-order valence-electron chi connectivity index (χ0n) is 76.4. The maximum Gasteiger partial charge on any atom is 0.318 e. The zero-order valence-corrected chi connectivity index (χ0v) is 76.4. The van der Waals surface area contributed by atoms with E-state index in [1.807, 2.05) is 185 Å². The molecule has 30 nitrogen and oxygen atoms in total. The molecule has 3 fully saturated rings. The molecule has 0 radical (unpaired) electrons. The molecule has 30 heteroatoms. The van der Waals surface area contributed by atoms with E-state index in [1.165, 1.54) is 23.8 Å². The van der Waals surface area contributed by atoms with Crippen molar-refractivity contribution in [2.75, 3.05) is 158 Å². The minimum Gasteiger partial charge on any atom is -0.371 e. The molecule has 9 heterocycles. The van der Waals surface area contributed by atoms with Gasteiger partial charge in [-0.05, 0) is 265 Å². The van der Waals surface area contributed by atoms with E-state index >= 15 is 0 Å². The third-order valence-electron chi connectivity index (χ3n) is 25.9. The van der Waals surface area contributed by atoms with Gasteiger partial charge in [0.25, 0.3) is 11.8 Å². The third-order valence-corrected chi connectivity index (χ3v) is 25.9. The summed E-state index contributed by atoms with van der Waals surface area (Å²) in [4.78, 5) is 159. The Morgan fingerprint density at radius 1 is 0.438 bits per heavy atom. The Balaban J connectivity index is 0.000000167. The standard InChI is InChI=1S/C35H43N7O4.C34H43N7O3.C31H36N6O3/c1-6-30(43)37-26-16-14-24(15-17-26)33(45)41-18-10-13-25(20-41)32(44)39-31-27-21-42(35(2,3)28(27)19-36-31)34(46)38-29(22-40(4)5)23-11-8-7-9-12-23;1-6-30(42)36-25-12-14-26(15-13-25)40-18-16-24(17-19-40)32(43)38-31-27-21-41(34(2,3)28(27)20-35-31)33(44)37-29(22-39(4)5)23-10-8-7-9-11-23;1-5-27(38)33-22-11-9-20(10-12-22)29(39)35-24-8-6-7-23(17-24)34-28-25-19-37(31(2,3)26(25)18-32-28)30(40)21-13-15-36(4)16-14-21/h6-9,11-12,14-17,25,29H,1,10,13,18-22H2,2-5H3,(H,37,43)(H,38,46)(H,36,39,44);6-15,24,29H,1,16-22H2,2-5H3,(H,36,42)(H,37,44)(H,35,38,43);5-12,17,21H,1,13-16,18-19H2,2-4H3,(H,32,34)(H,33,38)(H,35,39)/t25?,29-;29-;/m11./s1. The maximum absolute atomic E-state index is 13.7. The van der Waals surface area contributed by atoms with E-state index in [-0.39, 0.29) is 94.7 Å². The zero-order chi connectivity index (χ0) is 92.9. The van der Waals surface area contributed by atoms with Gasteiger partial charge in [-0.25, -0.2) is 9.59 Å². The second-order valence-corrected chi connectivity index (χ2v) is 36.3. The van der Waals surface area contributed by atoms with Gasteiger partial charge >= 0.3 is 12.1 Å². The summed E-state index contributed by atoms with van der Waals surface area (Å²) in [5.74, 6) is 0.207. The molecule has 3 saturated heterocycles. The third kappa shape index (κ3) is 22.3. The number of rotatable bonds is 22. The van der Waals surface area contributed by atoms with E-state index in [0.29, 0.717) is 118 Å². The molecule has 9 aliphatic heterocycles. The van der Waals surface area contributed by atoms with Crippen LogP contribution in [0.4, 0.5) is 43.7 Å². The van der Waals surface area contributed by atoms with Gasteiger partial charge in [-0.1, -0.05) is 86.5 Å². The lowest BCUT2D eigenvalue weighted by Gasteiger charge is -2.38. The van der Waals surface area contributed by atoms with Crippen LogP contribution in [0.1, 0.15) is 124 Å². The van der Waals surface area contributed by atoms with Crippen molar-refractivity contribution in [3.05, 3.63) is 251 Å². The molecule has 682 valence electrons. The number of carbonyl (C=O) groups is 10. The van der Waals surface area contributed by atoms with Gasteiger partial charge < -0.3 is 87.1 Å². The van der Waals surface area contributed by atoms with E-state index in [4.69, 9.17) is 4.99 Å². The molecular formula is C100H122N20O10. The number of benzene rings is 6. The number of likely N-dealkylation sites (tertiary alicyclic amines) is 2. The Kier molecular flexibility index (Phi) is 29.9. The maximum atomic E-state index is 13.7. The van der Waals surface area contributed by atoms with Crippen molar-refractivity contribution in [1.82, 2.24) is 55.6 Å². The van der Waals surface area contributed by atoms with Crippen LogP contribution in [0.5, 0.6) is 0 Å². The highest BCUT2D eigenvalue weighted by atomic mass is 16.2. The molecule has 1 unspecified atom stereocenters. The number of aliphatic imine (C=N–C) groups is 3. The first-order valence-electron chi connectivity index (χ1n) is 44.5. The van der Waals surface area contributed by atoms with Crippen LogP contribution < -0.4 is 52.8 Å². The lowest BCUT2D eigenvalue weighted by Crippen LogP contribution is -2.52. The van der Waals surface area contributed by atoms with Crippen LogP contribution in [0.25, 0.3) is 0 Å². The highest BCUT2D eigenvalue weighted by Gasteiger charge is 2.50. The van der Waals surface area contributed by atoms with Gasteiger partial charge in [-0.3, -0.25) is 53.3 Å². The van der Waals surface area contributed by atoms with E-state index in [2.05, 4.69) is 113 Å². The SMILES string of the molecule is C=CC(=O)Nc1ccc(C(=O)N2CCCC(C(=O)NC3=NCC4=C3CN(C(=O)N[C@H](CN(C)C)c3ccccc3)C4(C)C)C2)cc1.C=CC(=O)Nc1ccc(C(=O)Nc2cccc(NC3=NCC4=C3CN(C(=O)C3CCN(C)CC3)C4(C)C)c2)cc1.C=CC(=O)Nc1ccc(N2CCC(C(=O)NC3=NCC4=C3CN(C(=O)N[C@H](CN(C)C)c3ccccc3)C4(C)C)CC2)cc1. The number of anilines is 6. The van der Waals surface area contributed by atoms with Crippen LogP contribution in [0.3, 0.4) is 0 Å². The fourth-order valence-corrected chi connectivity index (χ4v) is 18.2. The smallest absolute Gasteiger partial charge is 0.318 e. The Morgan fingerprint density at radius 2 is 0.854 bits per heavy atom. The average Bonchev–Trinajstić information content (AvgIpc) is 1.60. The van der Waals surface area contributed by atoms with Gasteiger partial charge in [0.05, 0.1) is 73.9 Å². The summed E-state index contributed by atoms with van der Waals surface area (Å²) in [7, 11) is 10.1. The molecule has 15 rings (SSSR count). The molecule has 0 bridgehead atoms. The van der Waals surface area contributed by atoms with Crippen LogP contribution in [0.2, 0.25) is 0 Å². The molecule has 6 aromatic carbocycles. The topological polar surface area (TPSA) is 342 Å². The summed E-state index contributed by atoms with van der Waals surface area (Å²) >= 11 is 0. The molecule has 9 aliphatic rings. The van der Waals surface area contributed by atoms with Crippen molar-refractivity contribution in [1.29, 1.82) is 0 Å². The normalized spacial score (nSPS) is 18.9. The van der Waals surface area contributed by atoms with Gasteiger partial charge in [0, 0.05) is 113 Å². The number of urea groups is 2. The molecule has 0 aromatic heterocycles. The summed E-state index contributed by atoms with van der Waals surface area (Å²) in [5.41, 5.74) is 12.1. The molecule has 6 aromatic rings. The van der Waals surface area contributed by atoms with Crippen LogP contribution >= 0.6 is 0 Å². The Labute approximate surface area is 761 Å². The number of piperidine rings is 3. The number of amides is 12. The first-order chi connectivity index (χ1) is 62.2. The summed E-state index contributed by atoms with van der Waals surface area (Å²) in [6, 6.07) is 47.8. The minimum absolute atomic E-state index is 0.0181. The first-order valence-corrected chi connectivity index (χ1v) is 44.5. The molecule has 130 heavy (non-hydrogen) atoms. The largest absolute Gasteiger partial charge is 0.371 e. The average molecular weight is 1760 g/mol. The predicted octanol–water partition coefficient (Wildman–Crippen LogP) is 11.7. The van der Waals surface area contributed by atoms with Gasteiger partial charge in [-0.15, -0.1) is 0 Å². The van der Waals surface area contributed by atoms with Gasteiger partial charge in [0.1, 0.15) is 17.5 Å². The molecular weight excluding hydrogens is 1640 g/mol. The number of amidine groups is 3. The summed E-state index contributed by atoms with van der Waals surface area (Å²) in [6.07, 6.45) is 8.24. The van der Waals surface area contributed by atoms with Crippen LogP contribution in [-0.2, 0) is 28.8 Å². The summed E-state index contributed by atoms with van der Waals surface area (Å²) < 4.78 is 0. The van der Waals surface area contributed by atoms with Crippen molar-refractivity contribution in [2.24, 2.45) is 32.7 Å². The van der Waals surface area contributed by atoms with Crippen molar-refractivity contribution < 1.29 is 47.9 Å². The molecule has 0 spiro atoms. The van der Waals surface area contributed by atoms with Gasteiger partial charge in [-0.2, -0.15) is 0 Å². The number of nitrogens with one attached hydrogen (secondary N) is 9. The highest BCUT2D eigenvalue weighted by Crippen LogP contribution is 2.43. The monoisotopic (exact) mass is 1760 g/mol. The molecule has 9 N–H and O–H groups in total. The Morgan fingerprint density at radius 3 is 1.32 bits per heavy atom. The fraction of sp³-hybridized carbons (Fsp3) is 0.390. The number of carbonyl (C=O) groups excluding carboxylic acids is 10. The number of hydrogen-bond acceptors (Lipinski definition) is 18. The quantitative estimate of drug-likeness (QED) is 0.0285. The predicted molar refractivity (Wildman–Crippen MR) is 512 cm³/mol. The number of nitrogens with zero attached hydrogens (tertiary/aromatic N) is 11. The number of hydrogen-bond donors (Lipinski definition) is 9. The van der Waals surface area contributed by atoms with E-state index in [0.717, 1.165) is 114 Å². The van der Waals surface area contributed by atoms with Crippen molar-refractivity contribution in [3.63, 3.8) is 0 Å². The summed E-state index contributed by atoms with van der Waals surface area (Å²) in [5, 5.41) is 27.1. The van der Waals surface area contributed by atoms with Gasteiger partial charge in [0.2, 0.25) is 35.4 Å². The lowest BCUT2D eigenvalue weighted by atomic mass is 9.90. The Bertz CT molecular complexity index is 5480. The highest BCUT2D eigenvalue weighted by molar-refractivity contribution is 6.14. The molecule has 0 aliphatic carbocycles. The van der Waals surface area contributed by atoms with Crippen LogP contribution in [0, 0.1) is 17.8 Å². The van der Waals surface area contributed by atoms with Gasteiger partial charge in [0.15, 0.2) is 0 Å². The van der Waals surface area contributed by atoms with E-state index in [9.17, 15) is 47.9 Å². The fourth-order valence-electron chi connectivity index (χ4n) is 18.2. The lowest BCUT2D eigenvalue weighted by molar-refractivity contribution is -0.140. The number of likely N-dealkylation sites (N-methyl/N-ethyl adjacent to an activating group) is 2. The first kappa shape index (κ1) is 94.2. The van der Waals surface area contributed by atoms with Crippen molar-refractivity contribution >= 4 is 111 Å². The Hall–Kier alpha value is -13.5. The van der Waals surface area contributed by atoms with Crippen molar-refractivity contribution in [3.8, 4) is 0 Å². The van der Waals surface area contributed by atoms with Crippen LogP contribution in [0.15, 0.2) is 244 Å².